The van der Waals surface area contributed by atoms with Gasteiger partial charge in [-0.05, 0) is 42.0 Å². The molecule has 0 fully saturated rings. The predicted octanol–water partition coefficient (Wildman–Crippen LogP) is 4.91. The standard InChI is InChI=1S/C25H18F2O5/c1-30-19-11-10-14(12-20(19)31-2)13-21-23(24(28)15-6-3-4-9-18(15)32-21)25(29)22-16(26)7-5-8-17(22)27/h3-12H,13H2,1-2H3. The fraction of sp³-hybridized carbons (Fsp3) is 0.120. The number of ketones is 1. The Balaban J connectivity index is 1.92. The molecule has 32 heavy (non-hydrogen) atoms. The first-order valence-corrected chi connectivity index (χ1v) is 9.69. The van der Waals surface area contributed by atoms with Crippen LogP contribution in [0.3, 0.4) is 0 Å². The van der Waals surface area contributed by atoms with Crippen molar-refractivity contribution < 1.29 is 27.5 Å². The van der Waals surface area contributed by atoms with Crippen LogP contribution in [0.1, 0.15) is 27.2 Å². The molecule has 0 aliphatic rings. The van der Waals surface area contributed by atoms with Gasteiger partial charge in [-0.15, -0.1) is 0 Å². The Kier molecular flexibility index (Phi) is 5.73. The van der Waals surface area contributed by atoms with Crippen LogP contribution < -0.4 is 14.9 Å². The summed E-state index contributed by atoms with van der Waals surface area (Å²) in [6.45, 7) is 0. The van der Waals surface area contributed by atoms with Crippen LogP contribution in [0.25, 0.3) is 11.0 Å². The number of hydrogen-bond acceptors (Lipinski definition) is 5. The minimum atomic E-state index is -1.07. The van der Waals surface area contributed by atoms with E-state index in [2.05, 4.69) is 0 Å². The number of rotatable bonds is 6. The van der Waals surface area contributed by atoms with Crippen molar-refractivity contribution >= 4 is 16.8 Å². The van der Waals surface area contributed by atoms with Crippen LogP contribution in [0.4, 0.5) is 8.78 Å². The van der Waals surface area contributed by atoms with Gasteiger partial charge in [-0.1, -0.05) is 24.3 Å². The molecule has 4 aromatic rings. The second kappa shape index (κ2) is 8.63. The fourth-order valence-corrected chi connectivity index (χ4v) is 3.56. The highest BCUT2D eigenvalue weighted by molar-refractivity contribution is 6.11. The maximum absolute atomic E-state index is 14.3. The topological polar surface area (TPSA) is 65.7 Å². The summed E-state index contributed by atoms with van der Waals surface area (Å²) in [5.74, 6) is -2.24. The van der Waals surface area contributed by atoms with Crippen molar-refractivity contribution in [2.75, 3.05) is 14.2 Å². The lowest BCUT2D eigenvalue weighted by Crippen LogP contribution is -2.21. The third-order valence-electron chi connectivity index (χ3n) is 5.10. The highest BCUT2D eigenvalue weighted by Crippen LogP contribution is 2.30. The lowest BCUT2D eigenvalue weighted by Gasteiger charge is -2.12. The number of ether oxygens (including phenoxy) is 2. The first-order chi connectivity index (χ1) is 15.4. The number of carbonyl (C=O) groups is 1. The molecule has 1 aromatic heterocycles. The number of methoxy groups -OCH3 is 2. The van der Waals surface area contributed by atoms with Gasteiger partial charge in [-0.25, -0.2) is 8.78 Å². The summed E-state index contributed by atoms with van der Waals surface area (Å²) in [6, 6.07) is 14.5. The second-order valence-corrected chi connectivity index (χ2v) is 7.02. The van der Waals surface area contributed by atoms with Gasteiger partial charge in [0.2, 0.25) is 11.2 Å². The molecule has 0 unspecified atom stereocenters. The molecule has 162 valence electrons. The molecule has 0 saturated heterocycles. The fourth-order valence-electron chi connectivity index (χ4n) is 3.56. The Morgan fingerprint density at radius 3 is 2.25 bits per heavy atom. The minimum Gasteiger partial charge on any atom is -0.493 e. The molecule has 0 bridgehead atoms. The van der Waals surface area contributed by atoms with Gasteiger partial charge in [0.1, 0.15) is 28.5 Å². The number of benzene rings is 3. The van der Waals surface area contributed by atoms with Crippen molar-refractivity contribution in [3.05, 3.63) is 105 Å². The molecule has 7 heteroatoms. The normalized spacial score (nSPS) is 10.9. The number of para-hydroxylation sites is 1. The Bertz CT molecular complexity index is 1370. The highest BCUT2D eigenvalue weighted by atomic mass is 19.1. The van der Waals surface area contributed by atoms with E-state index in [-0.39, 0.29) is 23.2 Å². The molecule has 0 radical (unpaired) electrons. The van der Waals surface area contributed by atoms with E-state index in [1.54, 1.807) is 36.4 Å². The van der Waals surface area contributed by atoms with Crippen LogP contribution in [-0.4, -0.2) is 20.0 Å². The Hall–Kier alpha value is -4.00. The average Bonchev–Trinajstić information content (AvgIpc) is 2.79. The molecule has 0 spiro atoms. The van der Waals surface area contributed by atoms with Crippen LogP contribution in [0.2, 0.25) is 0 Å². The summed E-state index contributed by atoms with van der Waals surface area (Å²) < 4.78 is 45.1. The highest BCUT2D eigenvalue weighted by Gasteiger charge is 2.27. The van der Waals surface area contributed by atoms with Crippen molar-refractivity contribution in [3.8, 4) is 11.5 Å². The van der Waals surface area contributed by atoms with Crippen molar-refractivity contribution in [2.24, 2.45) is 0 Å². The largest absolute Gasteiger partial charge is 0.493 e. The molecule has 0 N–H and O–H groups in total. The summed E-state index contributed by atoms with van der Waals surface area (Å²) in [6.07, 6.45) is 0.0115. The molecule has 3 aromatic carbocycles. The van der Waals surface area contributed by atoms with Crippen LogP contribution >= 0.6 is 0 Å². The number of fused-ring (bicyclic) bond motifs is 1. The van der Waals surface area contributed by atoms with E-state index in [0.29, 0.717) is 17.1 Å². The first-order valence-electron chi connectivity index (χ1n) is 9.69. The van der Waals surface area contributed by atoms with Crippen LogP contribution in [0, 0.1) is 11.6 Å². The van der Waals surface area contributed by atoms with E-state index < -0.39 is 34.0 Å². The Labute approximate surface area is 181 Å². The molecule has 0 saturated carbocycles. The van der Waals surface area contributed by atoms with Crippen molar-refractivity contribution in [2.45, 2.75) is 6.42 Å². The number of carbonyl (C=O) groups excluding carboxylic acids is 1. The maximum atomic E-state index is 14.3. The van der Waals surface area contributed by atoms with Crippen LogP contribution in [0.15, 0.2) is 69.9 Å². The quantitative estimate of drug-likeness (QED) is 0.402. The minimum absolute atomic E-state index is 0.00595. The predicted molar refractivity (Wildman–Crippen MR) is 115 cm³/mol. The molecule has 1 heterocycles. The zero-order valence-electron chi connectivity index (χ0n) is 17.3. The lowest BCUT2D eigenvalue weighted by molar-refractivity contribution is 0.102. The van der Waals surface area contributed by atoms with Gasteiger partial charge in [0, 0.05) is 6.42 Å². The third-order valence-corrected chi connectivity index (χ3v) is 5.10. The van der Waals surface area contributed by atoms with E-state index in [9.17, 15) is 18.4 Å². The van der Waals surface area contributed by atoms with Crippen LogP contribution in [-0.2, 0) is 6.42 Å². The summed E-state index contributed by atoms with van der Waals surface area (Å²) in [5.41, 5.74) is -0.969. The Morgan fingerprint density at radius 1 is 0.875 bits per heavy atom. The monoisotopic (exact) mass is 436 g/mol. The van der Waals surface area contributed by atoms with E-state index in [1.165, 1.54) is 20.3 Å². The molecule has 0 aliphatic carbocycles. The van der Waals surface area contributed by atoms with Gasteiger partial charge in [0.15, 0.2) is 11.5 Å². The summed E-state index contributed by atoms with van der Waals surface area (Å²) >= 11 is 0. The SMILES string of the molecule is COc1ccc(Cc2oc3ccccc3c(=O)c2C(=O)c2c(F)cccc2F)cc1OC. The molecule has 5 nitrogen and oxygen atoms in total. The molecule has 0 atom stereocenters. The van der Waals surface area contributed by atoms with Gasteiger partial charge in [0.25, 0.3) is 0 Å². The van der Waals surface area contributed by atoms with Crippen molar-refractivity contribution in [3.63, 3.8) is 0 Å². The average molecular weight is 436 g/mol. The first kappa shape index (κ1) is 21.2. The summed E-state index contributed by atoms with van der Waals surface area (Å²) in [5, 5.41) is 0.142. The lowest BCUT2D eigenvalue weighted by atomic mass is 9.96. The van der Waals surface area contributed by atoms with E-state index >= 15 is 0 Å². The summed E-state index contributed by atoms with van der Waals surface area (Å²) in [4.78, 5) is 26.4. The molecule has 0 aliphatic heterocycles. The van der Waals surface area contributed by atoms with Gasteiger partial charge in [-0.3, -0.25) is 9.59 Å². The zero-order chi connectivity index (χ0) is 22.8. The Morgan fingerprint density at radius 2 is 1.56 bits per heavy atom. The molecular formula is C25H18F2O5. The number of halogens is 2. The van der Waals surface area contributed by atoms with Gasteiger partial charge < -0.3 is 13.9 Å². The van der Waals surface area contributed by atoms with E-state index in [4.69, 9.17) is 13.9 Å². The maximum Gasteiger partial charge on any atom is 0.206 e. The van der Waals surface area contributed by atoms with Crippen molar-refractivity contribution in [1.29, 1.82) is 0 Å². The zero-order valence-corrected chi connectivity index (χ0v) is 17.3. The van der Waals surface area contributed by atoms with Crippen LogP contribution in [0.5, 0.6) is 11.5 Å². The van der Waals surface area contributed by atoms with E-state index in [1.807, 2.05) is 0 Å². The van der Waals surface area contributed by atoms with Gasteiger partial charge in [0.05, 0.1) is 25.2 Å². The third kappa shape index (κ3) is 3.73. The molecular weight excluding hydrogens is 418 g/mol. The number of hydrogen-bond donors (Lipinski definition) is 0. The van der Waals surface area contributed by atoms with E-state index in [0.717, 1.165) is 18.2 Å². The summed E-state index contributed by atoms with van der Waals surface area (Å²) in [7, 11) is 2.98. The van der Waals surface area contributed by atoms with Crippen molar-refractivity contribution in [1.82, 2.24) is 0 Å². The molecule has 0 amide bonds. The molecule has 4 rings (SSSR count). The smallest absolute Gasteiger partial charge is 0.206 e. The van der Waals surface area contributed by atoms with Gasteiger partial charge >= 0.3 is 0 Å². The van der Waals surface area contributed by atoms with Gasteiger partial charge in [-0.2, -0.15) is 0 Å². The second-order valence-electron chi connectivity index (χ2n) is 7.02.